The molecule has 3 rings (SSSR count). The lowest BCUT2D eigenvalue weighted by Crippen LogP contribution is -1.80. The number of hydrogen-bond acceptors (Lipinski definition) is 7. The summed E-state index contributed by atoms with van der Waals surface area (Å²) >= 11 is 4.72. The van der Waals surface area contributed by atoms with Crippen LogP contribution >= 0.6 is 34.0 Å². The van der Waals surface area contributed by atoms with E-state index in [-0.39, 0.29) is 0 Å². The third-order valence-electron chi connectivity index (χ3n) is 2.16. The zero-order chi connectivity index (χ0) is 11.8. The molecule has 0 unspecified atom stereocenters. The normalized spacial score (nSPS) is 10.9. The number of anilines is 1. The van der Waals surface area contributed by atoms with Gasteiger partial charge in [-0.1, -0.05) is 17.4 Å². The molecule has 17 heavy (non-hydrogen) atoms. The van der Waals surface area contributed by atoms with Crippen LogP contribution in [0.4, 0.5) is 5.13 Å². The number of thiophene rings is 1. The fraction of sp³-hybridized carbons (Fsp3) is 0.100. The summed E-state index contributed by atoms with van der Waals surface area (Å²) < 4.78 is 0. The molecule has 86 valence electrons. The average molecular weight is 280 g/mol. The van der Waals surface area contributed by atoms with Gasteiger partial charge in [-0.3, -0.25) is 0 Å². The van der Waals surface area contributed by atoms with Crippen molar-refractivity contribution in [1.82, 2.24) is 15.2 Å². The zero-order valence-electron chi connectivity index (χ0n) is 8.88. The van der Waals surface area contributed by atoms with Crippen LogP contribution in [0, 0.1) is 6.92 Å². The molecule has 3 heterocycles. The predicted molar refractivity (Wildman–Crippen MR) is 73.5 cm³/mol. The largest absolute Gasteiger partial charge is 0.374 e. The van der Waals surface area contributed by atoms with Gasteiger partial charge in [-0.2, -0.15) is 0 Å². The van der Waals surface area contributed by atoms with Crippen molar-refractivity contribution in [2.45, 2.75) is 6.92 Å². The first-order valence-electron chi connectivity index (χ1n) is 4.84. The lowest BCUT2D eigenvalue weighted by atomic mass is 10.4. The Morgan fingerprint density at radius 2 is 2.06 bits per heavy atom. The SMILES string of the molecule is Cc1nc(-c2cccs2)sc1-c1nnc(N)s1. The first-order valence-corrected chi connectivity index (χ1v) is 7.36. The number of aryl methyl sites for hydroxylation is 1. The van der Waals surface area contributed by atoms with Crippen molar-refractivity contribution >= 4 is 39.1 Å². The van der Waals surface area contributed by atoms with Crippen molar-refractivity contribution in [1.29, 1.82) is 0 Å². The average Bonchev–Trinajstić information content (AvgIpc) is 2.97. The van der Waals surface area contributed by atoms with Gasteiger partial charge in [0.25, 0.3) is 0 Å². The van der Waals surface area contributed by atoms with E-state index < -0.39 is 0 Å². The molecule has 0 saturated heterocycles. The number of thiazole rings is 1. The van der Waals surface area contributed by atoms with Crippen LogP contribution in [0.2, 0.25) is 0 Å². The second-order valence-corrected chi connectivity index (χ2v) is 6.31. The third kappa shape index (κ3) is 1.97. The van der Waals surface area contributed by atoms with Gasteiger partial charge in [-0.05, 0) is 18.4 Å². The topological polar surface area (TPSA) is 64.7 Å². The smallest absolute Gasteiger partial charge is 0.203 e. The van der Waals surface area contributed by atoms with Crippen LogP contribution in [0.15, 0.2) is 17.5 Å². The molecule has 7 heteroatoms. The van der Waals surface area contributed by atoms with Gasteiger partial charge in [0.15, 0.2) is 5.01 Å². The number of nitrogens with two attached hydrogens (primary N) is 1. The van der Waals surface area contributed by atoms with Crippen LogP contribution < -0.4 is 5.73 Å². The molecule has 0 saturated carbocycles. The van der Waals surface area contributed by atoms with Crippen LogP contribution in [-0.4, -0.2) is 15.2 Å². The third-order valence-corrected chi connectivity index (χ3v) is 5.27. The maximum atomic E-state index is 5.60. The Balaban J connectivity index is 2.07. The summed E-state index contributed by atoms with van der Waals surface area (Å²) in [5.74, 6) is 0. The van der Waals surface area contributed by atoms with Gasteiger partial charge in [0.2, 0.25) is 5.13 Å². The monoisotopic (exact) mass is 280 g/mol. The molecule has 0 fully saturated rings. The Kier molecular flexibility index (Phi) is 2.65. The van der Waals surface area contributed by atoms with Crippen LogP contribution in [0.5, 0.6) is 0 Å². The van der Waals surface area contributed by atoms with Crippen molar-refractivity contribution in [3.63, 3.8) is 0 Å². The van der Waals surface area contributed by atoms with Crippen LogP contribution in [0.25, 0.3) is 19.8 Å². The van der Waals surface area contributed by atoms with Gasteiger partial charge in [0, 0.05) is 0 Å². The van der Waals surface area contributed by atoms with Gasteiger partial charge in [0.05, 0.1) is 15.4 Å². The molecule has 3 aromatic heterocycles. The molecule has 0 aliphatic heterocycles. The van der Waals surface area contributed by atoms with E-state index in [9.17, 15) is 0 Å². The summed E-state index contributed by atoms with van der Waals surface area (Å²) in [5, 5.41) is 12.3. The molecular weight excluding hydrogens is 272 g/mol. The van der Waals surface area contributed by atoms with E-state index in [1.807, 2.05) is 13.0 Å². The highest BCUT2D eigenvalue weighted by Gasteiger charge is 2.15. The van der Waals surface area contributed by atoms with E-state index in [1.54, 1.807) is 22.7 Å². The lowest BCUT2D eigenvalue weighted by molar-refractivity contribution is 1.10. The fourth-order valence-electron chi connectivity index (χ4n) is 1.43. The van der Waals surface area contributed by atoms with E-state index >= 15 is 0 Å². The van der Waals surface area contributed by atoms with Crippen LogP contribution in [0.3, 0.4) is 0 Å². The van der Waals surface area contributed by atoms with Gasteiger partial charge < -0.3 is 5.73 Å². The van der Waals surface area contributed by atoms with Gasteiger partial charge in [-0.15, -0.1) is 32.9 Å². The molecule has 0 bridgehead atoms. The molecule has 0 aliphatic rings. The molecule has 0 radical (unpaired) electrons. The molecule has 0 aliphatic carbocycles. The Hall–Kier alpha value is -1.31. The van der Waals surface area contributed by atoms with Crippen molar-refractivity contribution in [2.75, 3.05) is 5.73 Å². The lowest BCUT2D eigenvalue weighted by Gasteiger charge is -1.87. The van der Waals surface area contributed by atoms with E-state index in [4.69, 9.17) is 5.73 Å². The molecule has 2 N–H and O–H groups in total. The Morgan fingerprint density at radius 3 is 2.71 bits per heavy atom. The Labute approximate surface area is 110 Å². The Bertz CT molecular complexity index is 638. The Morgan fingerprint density at radius 1 is 1.18 bits per heavy atom. The number of hydrogen-bond donors (Lipinski definition) is 1. The number of nitrogens with zero attached hydrogens (tertiary/aromatic N) is 3. The van der Waals surface area contributed by atoms with Gasteiger partial charge in [0.1, 0.15) is 5.01 Å². The molecule has 4 nitrogen and oxygen atoms in total. The number of aromatic nitrogens is 3. The van der Waals surface area contributed by atoms with Crippen molar-refractivity contribution in [2.24, 2.45) is 0 Å². The highest BCUT2D eigenvalue weighted by molar-refractivity contribution is 7.26. The minimum atomic E-state index is 0.491. The van der Waals surface area contributed by atoms with Crippen LogP contribution in [0.1, 0.15) is 5.69 Å². The fourth-order valence-corrected chi connectivity index (χ4v) is 4.02. The maximum Gasteiger partial charge on any atom is 0.203 e. The van der Waals surface area contributed by atoms with E-state index in [0.717, 1.165) is 20.6 Å². The highest BCUT2D eigenvalue weighted by Crippen LogP contribution is 2.38. The van der Waals surface area contributed by atoms with Gasteiger partial charge in [-0.25, -0.2) is 4.98 Å². The first-order chi connectivity index (χ1) is 8.24. The summed E-state index contributed by atoms with van der Waals surface area (Å²) in [4.78, 5) is 6.81. The minimum Gasteiger partial charge on any atom is -0.374 e. The van der Waals surface area contributed by atoms with Crippen LogP contribution in [-0.2, 0) is 0 Å². The van der Waals surface area contributed by atoms with Crippen molar-refractivity contribution in [3.05, 3.63) is 23.2 Å². The molecule has 3 aromatic rings. The molecule has 0 aromatic carbocycles. The van der Waals surface area contributed by atoms with Crippen molar-refractivity contribution < 1.29 is 0 Å². The van der Waals surface area contributed by atoms with E-state index in [0.29, 0.717) is 5.13 Å². The quantitative estimate of drug-likeness (QED) is 0.782. The summed E-state index contributed by atoms with van der Waals surface area (Å²) in [7, 11) is 0. The minimum absolute atomic E-state index is 0.491. The zero-order valence-corrected chi connectivity index (χ0v) is 11.3. The summed E-state index contributed by atoms with van der Waals surface area (Å²) in [6, 6.07) is 4.10. The number of nitrogen functional groups attached to an aromatic ring is 1. The predicted octanol–water partition coefficient (Wildman–Crippen LogP) is 3.28. The highest BCUT2D eigenvalue weighted by atomic mass is 32.1. The standard InChI is InChI=1S/C10H8N4S3/c1-5-7(9-13-14-10(11)17-9)16-8(12-5)6-3-2-4-15-6/h2-4H,1H3,(H2,11,14). The van der Waals surface area contributed by atoms with Crippen molar-refractivity contribution in [3.8, 4) is 19.8 Å². The summed E-state index contributed by atoms with van der Waals surface area (Å²) in [5.41, 5.74) is 6.58. The molecular formula is C10H8N4S3. The number of rotatable bonds is 2. The summed E-state index contributed by atoms with van der Waals surface area (Å²) in [6.07, 6.45) is 0. The molecule has 0 atom stereocenters. The second-order valence-electron chi connectivity index (χ2n) is 3.36. The first kappa shape index (κ1) is 10.8. The second kappa shape index (κ2) is 4.17. The summed E-state index contributed by atoms with van der Waals surface area (Å²) in [6.45, 7) is 1.99. The molecule has 0 spiro atoms. The van der Waals surface area contributed by atoms with Gasteiger partial charge >= 0.3 is 0 Å². The molecule has 0 amide bonds. The van der Waals surface area contributed by atoms with E-state index in [2.05, 4.69) is 26.6 Å². The van der Waals surface area contributed by atoms with E-state index in [1.165, 1.54) is 16.2 Å². The maximum absolute atomic E-state index is 5.60.